The molecule has 1 fully saturated rings. The second kappa shape index (κ2) is 6.62. The zero-order valence-electron chi connectivity index (χ0n) is 11.6. The van der Waals surface area contributed by atoms with Crippen molar-refractivity contribution in [3.63, 3.8) is 0 Å². The summed E-state index contributed by atoms with van der Waals surface area (Å²) in [6, 6.07) is 7.90. The fourth-order valence-electron chi connectivity index (χ4n) is 2.65. The molecule has 112 valence electrons. The summed E-state index contributed by atoms with van der Waals surface area (Å²) >= 11 is 7.65. The molecule has 0 bridgehead atoms. The van der Waals surface area contributed by atoms with Crippen LogP contribution in [-0.2, 0) is 0 Å². The Morgan fingerprint density at radius 3 is 2.95 bits per heavy atom. The Balaban J connectivity index is 1.58. The summed E-state index contributed by atoms with van der Waals surface area (Å²) in [7, 11) is 0. The van der Waals surface area contributed by atoms with Crippen LogP contribution in [0.5, 0.6) is 0 Å². The highest BCUT2D eigenvalue weighted by Gasteiger charge is 2.19. The Bertz CT molecular complexity index is 597. The molecular formula is C15H18ClN3OS. The lowest BCUT2D eigenvalue weighted by Crippen LogP contribution is -2.37. The Hall–Kier alpha value is -1.33. The number of anilines is 1. The number of para-hydroxylation sites is 1. The van der Waals surface area contributed by atoms with E-state index in [0.29, 0.717) is 5.13 Å². The van der Waals surface area contributed by atoms with Gasteiger partial charge in [-0.2, -0.15) is 0 Å². The minimum atomic E-state index is -0.174. The molecule has 2 unspecified atom stereocenters. The van der Waals surface area contributed by atoms with Crippen molar-refractivity contribution in [2.75, 3.05) is 5.32 Å². The van der Waals surface area contributed by atoms with Crippen LogP contribution >= 0.6 is 22.9 Å². The second-order valence-electron chi connectivity index (χ2n) is 5.39. The number of rotatable bonds is 2. The smallest absolute Gasteiger partial charge is 0.321 e. The number of carbonyl (C=O) groups excluding carboxylic acids is 1. The average Bonchev–Trinajstić information content (AvgIpc) is 2.75. The Morgan fingerprint density at radius 1 is 1.24 bits per heavy atom. The third-order valence-electron chi connectivity index (χ3n) is 3.75. The highest BCUT2D eigenvalue weighted by molar-refractivity contribution is 7.22. The van der Waals surface area contributed by atoms with Gasteiger partial charge in [0, 0.05) is 11.4 Å². The van der Waals surface area contributed by atoms with E-state index in [1.54, 1.807) is 0 Å². The van der Waals surface area contributed by atoms with Crippen LogP contribution in [0.4, 0.5) is 9.93 Å². The molecule has 1 aliphatic carbocycles. The van der Waals surface area contributed by atoms with Crippen molar-refractivity contribution in [3.05, 3.63) is 24.3 Å². The molecule has 2 amide bonds. The molecule has 3 rings (SSSR count). The molecule has 21 heavy (non-hydrogen) atoms. The van der Waals surface area contributed by atoms with E-state index in [0.717, 1.165) is 42.3 Å². The Kier molecular flexibility index (Phi) is 4.60. The number of hydrogen-bond acceptors (Lipinski definition) is 3. The largest absolute Gasteiger partial charge is 0.335 e. The highest BCUT2D eigenvalue weighted by atomic mass is 35.5. The summed E-state index contributed by atoms with van der Waals surface area (Å²) in [6.07, 6.45) is 5.02. The second-order valence-corrected chi connectivity index (χ2v) is 7.04. The van der Waals surface area contributed by atoms with E-state index in [2.05, 4.69) is 15.6 Å². The number of nitrogens with zero attached hydrogens (tertiary/aromatic N) is 1. The van der Waals surface area contributed by atoms with Crippen LogP contribution in [0.1, 0.15) is 32.1 Å². The lowest BCUT2D eigenvalue weighted by atomic mass is 10.1. The molecule has 2 N–H and O–H groups in total. The third-order valence-corrected chi connectivity index (χ3v) is 5.14. The van der Waals surface area contributed by atoms with Gasteiger partial charge >= 0.3 is 6.03 Å². The van der Waals surface area contributed by atoms with Gasteiger partial charge < -0.3 is 5.32 Å². The Morgan fingerprint density at radius 2 is 2.10 bits per heavy atom. The van der Waals surface area contributed by atoms with Crippen LogP contribution in [-0.4, -0.2) is 22.4 Å². The molecule has 1 aromatic carbocycles. The molecule has 6 heteroatoms. The van der Waals surface area contributed by atoms with E-state index in [1.165, 1.54) is 11.3 Å². The molecule has 0 aliphatic heterocycles. The van der Waals surface area contributed by atoms with Crippen LogP contribution in [0.2, 0.25) is 0 Å². The minimum Gasteiger partial charge on any atom is -0.335 e. The van der Waals surface area contributed by atoms with Crippen molar-refractivity contribution in [3.8, 4) is 0 Å². The molecule has 4 nitrogen and oxygen atoms in total. The zero-order chi connectivity index (χ0) is 14.7. The molecule has 2 atom stereocenters. The molecular weight excluding hydrogens is 306 g/mol. The third kappa shape index (κ3) is 3.86. The van der Waals surface area contributed by atoms with Gasteiger partial charge in [-0.1, -0.05) is 23.5 Å². The molecule has 0 radical (unpaired) electrons. The molecule has 1 heterocycles. The van der Waals surface area contributed by atoms with Gasteiger partial charge in [0.2, 0.25) is 0 Å². The lowest BCUT2D eigenvalue weighted by Gasteiger charge is -2.15. The summed E-state index contributed by atoms with van der Waals surface area (Å²) < 4.78 is 1.08. The fraction of sp³-hybridized carbons (Fsp3) is 0.467. The van der Waals surface area contributed by atoms with Gasteiger partial charge in [-0.3, -0.25) is 5.32 Å². The van der Waals surface area contributed by atoms with Gasteiger partial charge in [-0.25, -0.2) is 9.78 Å². The first-order chi connectivity index (χ1) is 10.2. The number of halogens is 1. The maximum Gasteiger partial charge on any atom is 0.321 e. The van der Waals surface area contributed by atoms with Crippen molar-refractivity contribution in [2.45, 2.75) is 43.5 Å². The van der Waals surface area contributed by atoms with Gasteiger partial charge in [0.1, 0.15) is 0 Å². The maximum atomic E-state index is 12.1. The molecule has 2 aromatic rings. The number of carbonyl (C=O) groups is 1. The number of amides is 2. The van der Waals surface area contributed by atoms with Crippen molar-refractivity contribution >= 4 is 44.3 Å². The Labute approximate surface area is 132 Å². The molecule has 1 saturated carbocycles. The van der Waals surface area contributed by atoms with Crippen molar-refractivity contribution < 1.29 is 4.79 Å². The van der Waals surface area contributed by atoms with E-state index in [4.69, 9.17) is 11.6 Å². The minimum absolute atomic E-state index is 0.174. The lowest BCUT2D eigenvalue weighted by molar-refractivity contribution is 0.247. The summed E-state index contributed by atoms with van der Waals surface area (Å²) in [5.41, 5.74) is 0.914. The molecule has 0 spiro atoms. The van der Waals surface area contributed by atoms with Crippen molar-refractivity contribution in [1.29, 1.82) is 0 Å². The van der Waals surface area contributed by atoms with E-state index < -0.39 is 0 Å². The fourth-order valence-corrected chi connectivity index (χ4v) is 3.79. The molecule has 1 aromatic heterocycles. The summed E-state index contributed by atoms with van der Waals surface area (Å²) in [6.45, 7) is 0. The predicted molar refractivity (Wildman–Crippen MR) is 88.3 cm³/mol. The number of benzene rings is 1. The van der Waals surface area contributed by atoms with Crippen LogP contribution in [0.25, 0.3) is 10.2 Å². The van der Waals surface area contributed by atoms with E-state index in [-0.39, 0.29) is 17.5 Å². The van der Waals surface area contributed by atoms with Crippen LogP contribution in [0, 0.1) is 0 Å². The van der Waals surface area contributed by atoms with Crippen molar-refractivity contribution in [2.24, 2.45) is 0 Å². The van der Waals surface area contributed by atoms with Crippen molar-refractivity contribution in [1.82, 2.24) is 10.3 Å². The van der Waals surface area contributed by atoms with Gasteiger partial charge in [0.05, 0.1) is 10.2 Å². The first-order valence-electron chi connectivity index (χ1n) is 7.28. The van der Waals surface area contributed by atoms with Gasteiger partial charge in [-0.05, 0) is 44.2 Å². The van der Waals surface area contributed by atoms with E-state index in [9.17, 15) is 4.79 Å². The number of hydrogen-bond donors (Lipinski definition) is 2. The highest BCUT2D eigenvalue weighted by Crippen LogP contribution is 2.25. The normalized spacial score (nSPS) is 22.7. The van der Waals surface area contributed by atoms with E-state index in [1.807, 2.05) is 24.3 Å². The first-order valence-corrected chi connectivity index (χ1v) is 8.53. The van der Waals surface area contributed by atoms with Gasteiger partial charge in [-0.15, -0.1) is 11.6 Å². The van der Waals surface area contributed by atoms with Gasteiger partial charge in [0.15, 0.2) is 5.13 Å². The molecule has 0 saturated heterocycles. The monoisotopic (exact) mass is 323 g/mol. The number of thiazole rings is 1. The van der Waals surface area contributed by atoms with Crippen LogP contribution in [0.15, 0.2) is 24.3 Å². The number of aromatic nitrogens is 1. The standard InChI is InChI=1S/C15H18ClN3OS/c16-10-4-3-5-11(9-8-10)17-14(20)19-15-18-12-6-1-2-7-13(12)21-15/h1-2,6-7,10-11H,3-5,8-9H2,(H2,17,18,19,20). The van der Waals surface area contributed by atoms with Gasteiger partial charge in [0.25, 0.3) is 0 Å². The number of urea groups is 1. The predicted octanol–water partition coefficient (Wildman–Crippen LogP) is 4.36. The number of fused-ring (bicyclic) bond motifs is 1. The summed E-state index contributed by atoms with van der Waals surface area (Å²) in [5, 5.41) is 6.76. The maximum absolute atomic E-state index is 12.1. The summed E-state index contributed by atoms with van der Waals surface area (Å²) in [4.78, 5) is 16.5. The first kappa shape index (κ1) is 14.6. The number of alkyl halides is 1. The summed E-state index contributed by atoms with van der Waals surface area (Å²) in [5.74, 6) is 0. The quantitative estimate of drug-likeness (QED) is 0.637. The van der Waals surface area contributed by atoms with E-state index >= 15 is 0 Å². The average molecular weight is 324 g/mol. The van der Waals surface area contributed by atoms with Crippen LogP contribution in [0.3, 0.4) is 0 Å². The van der Waals surface area contributed by atoms with Crippen LogP contribution < -0.4 is 10.6 Å². The number of nitrogens with one attached hydrogen (secondary N) is 2. The SMILES string of the molecule is O=C(Nc1nc2ccccc2s1)NC1CCCC(Cl)CC1. The topological polar surface area (TPSA) is 54.0 Å². The zero-order valence-corrected chi connectivity index (χ0v) is 13.2. The molecule has 1 aliphatic rings.